The number of rotatable bonds is 0. The molecule has 0 radical (unpaired) electrons. The van der Waals surface area contributed by atoms with Crippen molar-refractivity contribution in [3.05, 3.63) is 58.6 Å². The Labute approximate surface area is 105 Å². The van der Waals surface area contributed by atoms with Crippen LogP contribution in [0.4, 0.5) is 0 Å². The molecule has 0 heterocycles. The van der Waals surface area contributed by atoms with Crippen LogP contribution in [0.1, 0.15) is 6.42 Å². The molecule has 76 valence electrons. The molecule has 0 amide bonds. The third kappa shape index (κ3) is 6.28. The summed E-state index contributed by atoms with van der Waals surface area (Å²) < 4.78 is 0. The second-order valence-electron chi connectivity index (χ2n) is 2.44. The van der Waals surface area contributed by atoms with Gasteiger partial charge in [-0.15, -0.1) is 6.42 Å². The minimum atomic E-state index is 0. The largest absolute Gasteiger partial charge is 0.273 e. The normalized spacial score (nSPS) is 11.6. The first kappa shape index (κ1) is 13.8. The molecule has 0 bridgehead atoms. The zero-order valence-corrected chi connectivity index (χ0v) is 9.97. The van der Waals surface area contributed by atoms with E-state index < -0.39 is 0 Å². The third-order valence-electron chi connectivity index (χ3n) is 1.39. The van der Waals surface area contributed by atoms with E-state index in [1.54, 1.807) is 24.3 Å². The topological polar surface area (TPSA) is 0 Å². The number of halogens is 2. The summed E-state index contributed by atoms with van der Waals surface area (Å²) in [6.07, 6.45) is 10.0. The van der Waals surface area contributed by atoms with Crippen LogP contribution in [0.25, 0.3) is 0 Å². The zero-order valence-electron chi connectivity index (χ0n) is 7.36. The van der Waals surface area contributed by atoms with Gasteiger partial charge in [0.1, 0.15) is 0 Å². The van der Waals surface area contributed by atoms with Crippen molar-refractivity contribution in [1.82, 2.24) is 0 Å². The molecule has 0 aromatic heterocycles. The van der Waals surface area contributed by atoms with Crippen LogP contribution in [0, 0.1) is 6.08 Å². The van der Waals surface area contributed by atoms with Crippen LogP contribution in [0.15, 0.2) is 42.5 Å². The molecule has 2 rings (SSSR count). The number of benzene rings is 1. The predicted octanol–water partition coefficient (Wildman–Crippen LogP) is 4.30. The molecule has 1 aromatic rings. The van der Waals surface area contributed by atoms with Gasteiger partial charge in [-0.1, -0.05) is 23.2 Å². The molecule has 0 N–H and O–H groups in total. The Kier molecular flexibility index (Phi) is 8.02. The summed E-state index contributed by atoms with van der Waals surface area (Å²) in [6.45, 7) is 0. The summed E-state index contributed by atoms with van der Waals surface area (Å²) in [5.74, 6) is 0. The number of hydrogen-bond donors (Lipinski definition) is 0. The van der Waals surface area contributed by atoms with Crippen molar-refractivity contribution in [2.75, 3.05) is 0 Å². The summed E-state index contributed by atoms with van der Waals surface area (Å²) in [6, 6.07) is 7.02. The maximum absolute atomic E-state index is 5.55. The van der Waals surface area contributed by atoms with Gasteiger partial charge in [0, 0.05) is 27.1 Å². The molecule has 3 heteroatoms. The van der Waals surface area contributed by atoms with Crippen molar-refractivity contribution in [2.24, 2.45) is 0 Å². The Morgan fingerprint density at radius 2 is 1.50 bits per heavy atom. The molecule has 0 aliphatic heterocycles. The zero-order chi connectivity index (χ0) is 9.52. The van der Waals surface area contributed by atoms with Gasteiger partial charge in [0.25, 0.3) is 0 Å². The number of allylic oxidation sites excluding steroid dienone is 4. The summed E-state index contributed by atoms with van der Waals surface area (Å²) in [7, 11) is 0. The molecule has 0 spiro atoms. The van der Waals surface area contributed by atoms with Crippen LogP contribution in [0.2, 0.25) is 10.0 Å². The van der Waals surface area contributed by atoms with Crippen molar-refractivity contribution >= 4 is 23.2 Å². The van der Waals surface area contributed by atoms with E-state index in [0.29, 0.717) is 0 Å². The van der Waals surface area contributed by atoms with Crippen molar-refractivity contribution in [1.29, 1.82) is 0 Å². The maximum Gasteiger partial charge on any atom is 0.0407 e. The Bertz CT molecular complexity index is 271. The molecule has 0 nitrogen and oxygen atoms in total. The average molecular weight is 268 g/mol. The van der Waals surface area contributed by atoms with Crippen LogP contribution in [0.3, 0.4) is 0 Å². The van der Waals surface area contributed by atoms with Gasteiger partial charge >= 0.3 is 0 Å². The quantitative estimate of drug-likeness (QED) is 0.486. The van der Waals surface area contributed by atoms with E-state index in [0.717, 1.165) is 16.5 Å². The van der Waals surface area contributed by atoms with E-state index in [1.807, 2.05) is 12.2 Å². The summed E-state index contributed by atoms with van der Waals surface area (Å²) in [5.41, 5.74) is 0. The molecule has 14 heavy (non-hydrogen) atoms. The molecule has 0 saturated heterocycles. The SMILES string of the molecule is Clc1ccc(Cl)cc1.[C-]1=CC=CC1.[Fe]. The Hall–Kier alpha value is -0.201. The summed E-state index contributed by atoms with van der Waals surface area (Å²) in [5, 5.41) is 1.43. The molecular formula is C11H9Cl2Fe-. The fourth-order valence-corrected chi connectivity index (χ4v) is 1.02. The van der Waals surface area contributed by atoms with Crippen molar-refractivity contribution < 1.29 is 17.1 Å². The molecule has 1 aliphatic rings. The molecular weight excluding hydrogens is 259 g/mol. The van der Waals surface area contributed by atoms with Gasteiger partial charge in [-0.05, 0) is 24.3 Å². The van der Waals surface area contributed by atoms with Crippen molar-refractivity contribution in [3.8, 4) is 0 Å². The molecule has 0 atom stereocenters. The van der Waals surface area contributed by atoms with Crippen LogP contribution < -0.4 is 0 Å². The van der Waals surface area contributed by atoms with Crippen LogP contribution >= 0.6 is 23.2 Å². The van der Waals surface area contributed by atoms with E-state index in [1.165, 1.54) is 0 Å². The predicted molar refractivity (Wildman–Crippen MR) is 58.0 cm³/mol. The molecule has 0 fully saturated rings. The fourth-order valence-electron chi connectivity index (χ4n) is 0.770. The third-order valence-corrected chi connectivity index (χ3v) is 1.89. The first-order chi connectivity index (χ1) is 6.29. The standard InChI is InChI=1S/C6H4Cl2.C5H5.Fe/c7-5-1-2-6(8)4-3-5;1-2-4-5-3-1;/h1-4H;1-3H,4H2;/q;-1;. The van der Waals surface area contributed by atoms with Crippen molar-refractivity contribution in [3.63, 3.8) is 0 Å². The van der Waals surface area contributed by atoms with Gasteiger partial charge in [0.2, 0.25) is 0 Å². The second kappa shape index (κ2) is 8.14. The molecule has 1 aromatic carbocycles. The van der Waals surface area contributed by atoms with Crippen LogP contribution in [-0.2, 0) is 17.1 Å². The van der Waals surface area contributed by atoms with E-state index in [2.05, 4.69) is 12.2 Å². The maximum atomic E-state index is 5.55. The minimum absolute atomic E-state index is 0. The first-order valence-corrected chi connectivity index (χ1v) is 4.67. The van der Waals surface area contributed by atoms with Crippen LogP contribution in [0.5, 0.6) is 0 Å². The monoisotopic (exact) mass is 267 g/mol. The minimum Gasteiger partial charge on any atom is -0.273 e. The summed E-state index contributed by atoms with van der Waals surface area (Å²) in [4.78, 5) is 0. The molecule has 0 saturated carbocycles. The molecule has 0 unspecified atom stereocenters. The Morgan fingerprint density at radius 1 is 1.00 bits per heavy atom. The van der Waals surface area contributed by atoms with Gasteiger partial charge < -0.3 is 0 Å². The van der Waals surface area contributed by atoms with Crippen molar-refractivity contribution in [2.45, 2.75) is 6.42 Å². The number of hydrogen-bond acceptors (Lipinski definition) is 0. The fraction of sp³-hybridized carbons (Fsp3) is 0.0909. The van der Waals surface area contributed by atoms with E-state index >= 15 is 0 Å². The van der Waals surface area contributed by atoms with Gasteiger partial charge in [-0.3, -0.25) is 6.08 Å². The van der Waals surface area contributed by atoms with Gasteiger partial charge in [-0.25, -0.2) is 12.2 Å². The second-order valence-corrected chi connectivity index (χ2v) is 3.31. The van der Waals surface area contributed by atoms with Gasteiger partial charge in [0.15, 0.2) is 0 Å². The first-order valence-electron chi connectivity index (χ1n) is 3.92. The molecule has 1 aliphatic carbocycles. The Balaban J connectivity index is 0.000000246. The Morgan fingerprint density at radius 3 is 1.71 bits per heavy atom. The van der Waals surface area contributed by atoms with Gasteiger partial charge in [-0.2, -0.15) is 6.08 Å². The smallest absolute Gasteiger partial charge is 0.0407 e. The van der Waals surface area contributed by atoms with E-state index in [-0.39, 0.29) is 17.1 Å². The average Bonchev–Trinajstić information content (AvgIpc) is 2.68. The summed E-state index contributed by atoms with van der Waals surface area (Å²) >= 11 is 11.1. The van der Waals surface area contributed by atoms with Gasteiger partial charge in [0.05, 0.1) is 0 Å². The van der Waals surface area contributed by atoms with Crippen LogP contribution in [-0.4, -0.2) is 0 Å². The van der Waals surface area contributed by atoms with E-state index in [4.69, 9.17) is 23.2 Å². The van der Waals surface area contributed by atoms with E-state index in [9.17, 15) is 0 Å².